The summed E-state index contributed by atoms with van der Waals surface area (Å²) < 4.78 is 0. The van der Waals surface area contributed by atoms with Gasteiger partial charge in [0.2, 0.25) is 5.91 Å². The van der Waals surface area contributed by atoms with Crippen molar-refractivity contribution in [3.05, 3.63) is 46.2 Å². The fourth-order valence-corrected chi connectivity index (χ4v) is 3.55. The Kier molecular flexibility index (Phi) is 6.13. The van der Waals surface area contributed by atoms with Crippen molar-refractivity contribution in [1.29, 1.82) is 0 Å². The molecule has 1 heterocycles. The summed E-state index contributed by atoms with van der Waals surface area (Å²) in [6.45, 7) is 2.43. The molecule has 0 saturated heterocycles. The highest BCUT2D eigenvalue weighted by atomic mass is 32.1. The van der Waals surface area contributed by atoms with Gasteiger partial charge in [-0.3, -0.25) is 4.79 Å². The highest BCUT2D eigenvalue weighted by Crippen LogP contribution is 2.30. The molecule has 0 spiro atoms. The second-order valence-corrected chi connectivity index (χ2v) is 7.94. The van der Waals surface area contributed by atoms with Crippen molar-refractivity contribution in [3.8, 4) is 0 Å². The van der Waals surface area contributed by atoms with Crippen LogP contribution in [-0.2, 0) is 4.79 Å². The first-order valence-electron chi connectivity index (χ1n) is 9.09. The number of nitrogens with zero attached hydrogens (tertiary/aromatic N) is 1. The van der Waals surface area contributed by atoms with E-state index in [2.05, 4.69) is 32.3 Å². The molecule has 3 amide bonds. The maximum atomic E-state index is 12.4. The monoisotopic (exact) mass is 386 g/mol. The Morgan fingerprint density at radius 2 is 2.00 bits per heavy atom. The van der Waals surface area contributed by atoms with Crippen LogP contribution in [0.2, 0.25) is 0 Å². The topological polar surface area (TPSA) is 73.5 Å². The molecule has 1 saturated carbocycles. The summed E-state index contributed by atoms with van der Waals surface area (Å²) in [6.07, 6.45) is 1.92. The van der Waals surface area contributed by atoms with Gasteiger partial charge < -0.3 is 20.9 Å². The summed E-state index contributed by atoms with van der Waals surface area (Å²) in [5.41, 5.74) is 3.53. The number of urea groups is 1. The fourth-order valence-electron chi connectivity index (χ4n) is 2.84. The minimum Gasteiger partial charge on any atom is -0.336 e. The molecule has 3 rings (SSSR count). The molecule has 0 radical (unpaired) electrons. The average molecular weight is 387 g/mol. The van der Waals surface area contributed by atoms with Crippen LogP contribution in [0.1, 0.15) is 30.0 Å². The summed E-state index contributed by atoms with van der Waals surface area (Å²) in [5.74, 6) is 0.199. The highest BCUT2D eigenvalue weighted by molar-refractivity contribution is 7.07. The summed E-state index contributed by atoms with van der Waals surface area (Å²) >= 11 is 1.65. The van der Waals surface area contributed by atoms with Crippen molar-refractivity contribution < 1.29 is 9.59 Å². The number of benzene rings is 1. The van der Waals surface area contributed by atoms with E-state index in [0.717, 1.165) is 18.4 Å². The van der Waals surface area contributed by atoms with Gasteiger partial charge in [0, 0.05) is 23.8 Å². The predicted octanol–water partition coefficient (Wildman–Crippen LogP) is 3.83. The van der Waals surface area contributed by atoms with E-state index in [-0.39, 0.29) is 23.9 Å². The molecule has 1 aliphatic rings. The van der Waals surface area contributed by atoms with Gasteiger partial charge in [-0.1, -0.05) is 6.07 Å². The van der Waals surface area contributed by atoms with E-state index in [1.807, 2.05) is 38.5 Å². The van der Waals surface area contributed by atoms with Crippen LogP contribution in [0.3, 0.4) is 0 Å². The SMILES string of the molecule is Cc1ccc(NC(=O)C2CC2)cc1NC(=O)NCC(c1ccsc1)N(C)C. The van der Waals surface area contributed by atoms with E-state index < -0.39 is 0 Å². The third-order valence-electron chi connectivity index (χ3n) is 4.71. The van der Waals surface area contributed by atoms with Gasteiger partial charge in [0.25, 0.3) is 0 Å². The predicted molar refractivity (Wildman–Crippen MR) is 110 cm³/mol. The van der Waals surface area contributed by atoms with E-state index in [0.29, 0.717) is 17.9 Å². The molecule has 2 aromatic rings. The molecule has 1 aliphatic carbocycles. The summed E-state index contributed by atoms with van der Waals surface area (Å²) in [6, 6.07) is 7.49. The zero-order valence-corrected chi connectivity index (χ0v) is 16.7. The number of thiophene rings is 1. The summed E-state index contributed by atoms with van der Waals surface area (Å²) in [4.78, 5) is 26.4. The Labute approximate surface area is 164 Å². The second-order valence-electron chi connectivity index (χ2n) is 7.16. The van der Waals surface area contributed by atoms with Gasteiger partial charge in [0.1, 0.15) is 0 Å². The number of carbonyl (C=O) groups is 2. The number of hydrogen-bond acceptors (Lipinski definition) is 4. The second kappa shape index (κ2) is 8.54. The minimum absolute atomic E-state index is 0.0545. The van der Waals surface area contributed by atoms with E-state index >= 15 is 0 Å². The highest BCUT2D eigenvalue weighted by Gasteiger charge is 2.29. The summed E-state index contributed by atoms with van der Waals surface area (Å²) in [5, 5.41) is 12.9. The van der Waals surface area contributed by atoms with Crippen molar-refractivity contribution in [2.75, 3.05) is 31.3 Å². The number of aryl methyl sites for hydroxylation is 1. The third kappa shape index (κ3) is 5.30. The quantitative estimate of drug-likeness (QED) is 0.677. The smallest absolute Gasteiger partial charge is 0.319 e. The van der Waals surface area contributed by atoms with E-state index in [1.54, 1.807) is 17.4 Å². The van der Waals surface area contributed by atoms with E-state index in [9.17, 15) is 9.59 Å². The zero-order chi connectivity index (χ0) is 19.4. The number of hydrogen-bond donors (Lipinski definition) is 3. The minimum atomic E-state index is -0.258. The molecular formula is C20H26N4O2S. The van der Waals surface area contributed by atoms with Crippen LogP contribution in [0.4, 0.5) is 16.2 Å². The van der Waals surface area contributed by atoms with Gasteiger partial charge in [-0.05, 0) is 73.9 Å². The molecule has 7 heteroatoms. The Morgan fingerprint density at radius 1 is 1.22 bits per heavy atom. The van der Waals surface area contributed by atoms with Gasteiger partial charge in [0.15, 0.2) is 0 Å². The molecule has 6 nitrogen and oxygen atoms in total. The van der Waals surface area contributed by atoms with Crippen LogP contribution in [0, 0.1) is 12.8 Å². The number of amides is 3. The number of nitrogens with one attached hydrogen (secondary N) is 3. The van der Waals surface area contributed by atoms with Gasteiger partial charge in [0.05, 0.1) is 6.04 Å². The number of anilines is 2. The van der Waals surface area contributed by atoms with Crippen LogP contribution < -0.4 is 16.0 Å². The van der Waals surface area contributed by atoms with Crippen molar-refractivity contribution in [1.82, 2.24) is 10.2 Å². The van der Waals surface area contributed by atoms with E-state index in [4.69, 9.17) is 0 Å². The largest absolute Gasteiger partial charge is 0.336 e. The first kappa shape index (κ1) is 19.4. The molecule has 144 valence electrons. The van der Waals surface area contributed by atoms with Crippen LogP contribution in [0.25, 0.3) is 0 Å². The molecule has 0 bridgehead atoms. The lowest BCUT2D eigenvalue weighted by Gasteiger charge is -2.24. The Morgan fingerprint density at radius 3 is 2.63 bits per heavy atom. The Hall–Kier alpha value is -2.38. The lowest BCUT2D eigenvalue weighted by atomic mass is 10.1. The normalized spacial score (nSPS) is 14.7. The first-order valence-corrected chi connectivity index (χ1v) is 10.0. The first-order chi connectivity index (χ1) is 12.9. The van der Waals surface area contributed by atoms with Gasteiger partial charge in [-0.25, -0.2) is 4.79 Å². The van der Waals surface area contributed by atoms with Gasteiger partial charge >= 0.3 is 6.03 Å². The molecule has 27 heavy (non-hydrogen) atoms. The molecular weight excluding hydrogens is 360 g/mol. The van der Waals surface area contributed by atoms with E-state index in [1.165, 1.54) is 5.56 Å². The maximum Gasteiger partial charge on any atom is 0.319 e. The molecule has 1 fully saturated rings. The van der Waals surface area contributed by atoms with Crippen LogP contribution in [-0.4, -0.2) is 37.5 Å². The maximum absolute atomic E-state index is 12.4. The zero-order valence-electron chi connectivity index (χ0n) is 15.9. The lowest BCUT2D eigenvalue weighted by Crippen LogP contribution is -2.36. The van der Waals surface area contributed by atoms with Crippen molar-refractivity contribution in [3.63, 3.8) is 0 Å². The number of carbonyl (C=O) groups excluding carboxylic acids is 2. The van der Waals surface area contributed by atoms with Crippen molar-refractivity contribution in [2.45, 2.75) is 25.8 Å². The summed E-state index contributed by atoms with van der Waals surface area (Å²) in [7, 11) is 4.00. The Bertz CT molecular complexity index is 800. The van der Waals surface area contributed by atoms with Gasteiger partial charge in [-0.2, -0.15) is 11.3 Å². The molecule has 0 aliphatic heterocycles. The molecule has 1 unspecified atom stereocenters. The molecule has 1 aromatic heterocycles. The van der Waals surface area contributed by atoms with Crippen LogP contribution in [0.5, 0.6) is 0 Å². The fraction of sp³-hybridized carbons (Fsp3) is 0.400. The molecule has 1 atom stereocenters. The van der Waals surface area contributed by atoms with Crippen molar-refractivity contribution in [2.24, 2.45) is 5.92 Å². The Balaban J connectivity index is 1.58. The van der Waals surface area contributed by atoms with Gasteiger partial charge in [-0.15, -0.1) is 0 Å². The number of likely N-dealkylation sites (N-methyl/N-ethyl adjacent to an activating group) is 1. The third-order valence-corrected chi connectivity index (χ3v) is 5.41. The molecule has 3 N–H and O–H groups in total. The number of rotatable bonds is 7. The lowest BCUT2D eigenvalue weighted by molar-refractivity contribution is -0.117. The van der Waals surface area contributed by atoms with Crippen molar-refractivity contribution >= 4 is 34.6 Å². The standard InChI is InChI=1S/C20H26N4O2S/c1-13-4-7-16(22-19(25)14-5-6-14)10-17(13)23-20(26)21-11-18(24(2)3)15-8-9-27-12-15/h4,7-10,12,14,18H,5-6,11H2,1-3H3,(H,22,25)(H2,21,23,26). The molecule has 1 aromatic carbocycles. The average Bonchev–Trinajstić information content (AvgIpc) is 3.34. The van der Waals surface area contributed by atoms with Crippen LogP contribution in [0.15, 0.2) is 35.0 Å². The van der Waals surface area contributed by atoms with Crippen LogP contribution >= 0.6 is 11.3 Å².